The third-order valence-corrected chi connectivity index (χ3v) is 11.9. The Bertz CT molecular complexity index is 2390. The summed E-state index contributed by atoms with van der Waals surface area (Å²) in [5.41, 5.74) is 2.01. The van der Waals surface area contributed by atoms with E-state index in [0.29, 0.717) is 21.8 Å². The number of nitrogens with one attached hydrogen (secondary N) is 1. The Balaban J connectivity index is 1.17. The van der Waals surface area contributed by atoms with Crippen molar-refractivity contribution < 1.29 is 28.7 Å². The second-order valence-electron chi connectivity index (χ2n) is 14.3. The van der Waals surface area contributed by atoms with E-state index in [4.69, 9.17) is 11.6 Å². The van der Waals surface area contributed by atoms with E-state index in [1.54, 1.807) is 84.9 Å². The fourth-order valence-corrected chi connectivity index (χ4v) is 9.67. The first-order valence-electron chi connectivity index (χ1n) is 17.9. The summed E-state index contributed by atoms with van der Waals surface area (Å²) in [6.45, 7) is 0. The van der Waals surface area contributed by atoms with Crippen LogP contribution in [0.5, 0.6) is 5.75 Å². The molecule has 4 aliphatic rings. The number of carbonyl (C=O) groups excluding carboxylic acids is 4. The first-order valence-corrected chi connectivity index (χ1v) is 18.2. The minimum absolute atomic E-state index is 0.0723. The van der Waals surface area contributed by atoms with Gasteiger partial charge in [-0.2, -0.15) is 0 Å². The SMILES string of the molecule is O=C1[C@H]2[C@H](CC=C3[C@H]2C[C@H]2C(=O)N(c4cccc(Cl)c4)C(=O)[C@@]2(c2ccccc2)[C@H]3c2cccc(F)c2O)C(=O)N1c1ccc(Nc2ccccc2)cc1. The highest BCUT2D eigenvalue weighted by atomic mass is 35.5. The predicted octanol–water partition coefficient (Wildman–Crippen LogP) is 8.30. The van der Waals surface area contributed by atoms with Crippen LogP contribution < -0.4 is 15.1 Å². The van der Waals surface area contributed by atoms with E-state index in [-0.39, 0.29) is 30.0 Å². The standard InChI is InChI=1S/C44H33ClFN3O5/c45-26-11-7-14-30(23-26)49-41(52)35-24-34-31(38(33-15-8-16-36(46)39(33)50)44(35,43(49)54)25-9-3-1-4-10-25)21-22-32-37(34)42(53)48(40(32)51)29-19-17-28(18-20-29)47-27-12-5-2-6-13-27/h1-21,23,32,34-35,37-38,47,50H,22,24H2/t32-,34+,35-,37-,38+,44+/m0/s1. The second kappa shape index (κ2) is 12.8. The normalized spacial score (nSPS) is 26.0. The van der Waals surface area contributed by atoms with Gasteiger partial charge >= 0.3 is 0 Å². The van der Waals surface area contributed by atoms with Crippen molar-refractivity contribution in [3.8, 4) is 5.75 Å². The number of imide groups is 2. The average Bonchev–Trinajstić information content (AvgIpc) is 3.58. The molecule has 8 nitrogen and oxygen atoms in total. The van der Waals surface area contributed by atoms with Gasteiger partial charge in [0.05, 0.1) is 34.5 Å². The molecule has 2 N–H and O–H groups in total. The third-order valence-electron chi connectivity index (χ3n) is 11.7. The molecule has 2 saturated heterocycles. The number of rotatable bonds is 6. The number of hydrogen-bond donors (Lipinski definition) is 2. The molecule has 0 spiro atoms. The number of para-hydroxylation sites is 2. The third kappa shape index (κ3) is 4.95. The van der Waals surface area contributed by atoms with E-state index in [1.165, 1.54) is 11.0 Å². The maximum absolute atomic E-state index is 15.4. The molecule has 10 heteroatoms. The Morgan fingerprint density at radius 2 is 1.39 bits per heavy atom. The predicted molar refractivity (Wildman–Crippen MR) is 203 cm³/mol. The van der Waals surface area contributed by atoms with Gasteiger partial charge in [0, 0.05) is 27.9 Å². The molecule has 3 fully saturated rings. The summed E-state index contributed by atoms with van der Waals surface area (Å²) in [5, 5.41) is 15.1. The van der Waals surface area contributed by atoms with E-state index in [0.717, 1.165) is 22.3 Å². The van der Waals surface area contributed by atoms with Crippen LogP contribution in [0.2, 0.25) is 5.02 Å². The fourth-order valence-electron chi connectivity index (χ4n) is 9.49. The molecule has 4 amide bonds. The lowest BCUT2D eigenvalue weighted by Crippen LogP contribution is -2.53. The summed E-state index contributed by atoms with van der Waals surface area (Å²) in [6, 6.07) is 36.2. The van der Waals surface area contributed by atoms with Crippen LogP contribution in [0.25, 0.3) is 0 Å². The quantitative estimate of drug-likeness (QED) is 0.134. The number of amides is 4. The first kappa shape index (κ1) is 33.8. The second-order valence-corrected chi connectivity index (χ2v) is 14.8. The number of hydrogen-bond acceptors (Lipinski definition) is 6. The summed E-state index contributed by atoms with van der Waals surface area (Å²) in [6.07, 6.45) is 2.14. The number of phenols is 1. The van der Waals surface area contributed by atoms with E-state index < -0.39 is 64.3 Å². The molecule has 54 heavy (non-hydrogen) atoms. The molecule has 2 aliphatic heterocycles. The summed E-state index contributed by atoms with van der Waals surface area (Å²) in [4.78, 5) is 61.3. The van der Waals surface area contributed by atoms with Gasteiger partial charge in [0.1, 0.15) is 0 Å². The Morgan fingerprint density at radius 3 is 2.11 bits per heavy atom. The van der Waals surface area contributed by atoms with Crippen molar-refractivity contribution >= 4 is 58.0 Å². The number of allylic oxidation sites excluding steroid dienone is 2. The van der Waals surface area contributed by atoms with Crippen LogP contribution in [0.3, 0.4) is 0 Å². The van der Waals surface area contributed by atoms with Crippen LogP contribution in [0.4, 0.5) is 27.1 Å². The van der Waals surface area contributed by atoms with E-state index in [1.807, 2.05) is 36.4 Å². The number of fused-ring (bicyclic) bond motifs is 4. The smallest absolute Gasteiger partial charge is 0.246 e. The monoisotopic (exact) mass is 737 g/mol. The van der Waals surface area contributed by atoms with Gasteiger partial charge in [-0.05, 0) is 85.0 Å². The molecule has 5 aromatic carbocycles. The van der Waals surface area contributed by atoms with Crippen LogP contribution in [0, 0.1) is 29.5 Å². The van der Waals surface area contributed by atoms with Crippen LogP contribution >= 0.6 is 11.6 Å². The van der Waals surface area contributed by atoms with Crippen LogP contribution in [0.1, 0.15) is 29.9 Å². The summed E-state index contributed by atoms with van der Waals surface area (Å²) in [7, 11) is 0. The molecule has 5 aromatic rings. The van der Waals surface area contributed by atoms with Crippen molar-refractivity contribution in [3.63, 3.8) is 0 Å². The molecular weight excluding hydrogens is 705 g/mol. The number of anilines is 4. The Labute approximate surface area is 315 Å². The number of nitrogens with zero attached hydrogens (tertiary/aromatic N) is 2. The van der Waals surface area contributed by atoms with E-state index in [9.17, 15) is 19.5 Å². The molecular formula is C44H33ClFN3O5. The van der Waals surface area contributed by atoms with E-state index in [2.05, 4.69) is 5.32 Å². The molecule has 1 saturated carbocycles. The average molecular weight is 738 g/mol. The molecule has 268 valence electrons. The molecule has 0 aromatic heterocycles. The summed E-state index contributed by atoms with van der Waals surface area (Å²) < 4.78 is 15.4. The van der Waals surface area contributed by atoms with Gasteiger partial charge in [0.15, 0.2) is 11.6 Å². The number of aromatic hydroxyl groups is 1. The van der Waals surface area contributed by atoms with Gasteiger partial charge in [0.2, 0.25) is 23.6 Å². The number of halogens is 2. The Kier molecular flexibility index (Phi) is 8.01. The van der Waals surface area contributed by atoms with Gasteiger partial charge in [-0.25, -0.2) is 9.29 Å². The van der Waals surface area contributed by atoms with Crippen molar-refractivity contribution in [2.45, 2.75) is 24.2 Å². The van der Waals surface area contributed by atoms with Crippen molar-refractivity contribution in [2.24, 2.45) is 23.7 Å². The number of phenolic OH excluding ortho intramolecular Hbond substituents is 1. The highest BCUT2D eigenvalue weighted by Crippen LogP contribution is 2.65. The molecule has 6 atom stereocenters. The lowest BCUT2D eigenvalue weighted by Gasteiger charge is -2.50. The fraction of sp³-hybridized carbons (Fsp3) is 0.182. The zero-order valence-electron chi connectivity index (χ0n) is 28.7. The van der Waals surface area contributed by atoms with Crippen molar-refractivity contribution in [3.05, 3.63) is 161 Å². The molecule has 2 heterocycles. The minimum atomic E-state index is -1.63. The number of carbonyl (C=O) groups is 4. The Morgan fingerprint density at radius 1 is 0.704 bits per heavy atom. The van der Waals surface area contributed by atoms with Gasteiger partial charge < -0.3 is 10.4 Å². The van der Waals surface area contributed by atoms with Crippen molar-refractivity contribution in [1.29, 1.82) is 0 Å². The molecule has 2 aliphatic carbocycles. The van der Waals surface area contributed by atoms with Crippen LogP contribution in [-0.2, 0) is 24.6 Å². The highest BCUT2D eigenvalue weighted by Gasteiger charge is 2.70. The zero-order chi connectivity index (χ0) is 37.3. The maximum atomic E-state index is 15.4. The lowest BCUT2D eigenvalue weighted by molar-refractivity contribution is -0.127. The first-order chi connectivity index (χ1) is 26.2. The van der Waals surface area contributed by atoms with Gasteiger partial charge in [-0.1, -0.05) is 90.0 Å². The molecule has 0 radical (unpaired) electrons. The van der Waals surface area contributed by atoms with Crippen molar-refractivity contribution in [1.82, 2.24) is 0 Å². The lowest BCUT2D eigenvalue weighted by atomic mass is 9.49. The minimum Gasteiger partial charge on any atom is -0.505 e. The highest BCUT2D eigenvalue weighted by molar-refractivity contribution is 6.32. The van der Waals surface area contributed by atoms with Gasteiger partial charge in [-0.3, -0.25) is 24.1 Å². The summed E-state index contributed by atoms with van der Waals surface area (Å²) >= 11 is 6.37. The number of benzene rings is 5. The topological polar surface area (TPSA) is 107 Å². The van der Waals surface area contributed by atoms with Gasteiger partial charge in [-0.15, -0.1) is 0 Å². The van der Waals surface area contributed by atoms with Gasteiger partial charge in [0.25, 0.3) is 0 Å². The zero-order valence-corrected chi connectivity index (χ0v) is 29.5. The van der Waals surface area contributed by atoms with Crippen molar-refractivity contribution in [2.75, 3.05) is 15.1 Å². The summed E-state index contributed by atoms with van der Waals surface area (Å²) in [5.74, 6) is -7.63. The largest absolute Gasteiger partial charge is 0.505 e. The maximum Gasteiger partial charge on any atom is 0.246 e. The molecule has 0 bridgehead atoms. The molecule has 0 unspecified atom stereocenters. The Hall–Kier alpha value is -6.06. The van der Waals surface area contributed by atoms with E-state index >= 15 is 9.18 Å². The van der Waals surface area contributed by atoms with Crippen LogP contribution in [0.15, 0.2) is 139 Å². The molecule has 9 rings (SSSR count). The van der Waals surface area contributed by atoms with Crippen LogP contribution in [-0.4, -0.2) is 28.7 Å².